The molecule has 138 valence electrons. The summed E-state index contributed by atoms with van der Waals surface area (Å²) < 4.78 is 24.1. The van der Waals surface area contributed by atoms with E-state index in [0.717, 1.165) is 15.6 Å². The molecular formula is C13H14N6O5S2. The van der Waals surface area contributed by atoms with E-state index in [2.05, 4.69) is 15.6 Å². The molecule has 2 rings (SSSR count). The Hall–Kier alpha value is -3.19. The average Bonchev–Trinajstić information content (AvgIpc) is 3.04. The molecule has 0 aliphatic rings. The minimum atomic E-state index is -3.17. The third-order valence-electron chi connectivity index (χ3n) is 2.94. The topological polar surface area (TPSA) is 179 Å². The summed E-state index contributed by atoms with van der Waals surface area (Å²) in [7, 11) is -3.17. The van der Waals surface area contributed by atoms with Crippen LogP contribution in [0.5, 0.6) is 0 Å². The van der Waals surface area contributed by atoms with Crippen LogP contribution in [-0.4, -0.2) is 42.9 Å². The maximum Gasteiger partial charge on any atom is 0.357 e. The van der Waals surface area contributed by atoms with Crippen molar-refractivity contribution in [2.45, 2.75) is 0 Å². The molecule has 1 amide bonds. The Morgan fingerprint density at radius 2 is 1.96 bits per heavy atom. The number of thiazole rings is 1. The fraction of sp³-hybridized carbons (Fsp3) is 0.0769. The number of carbonyl (C=O) groups is 2. The maximum absolute atomic E-state index is 11.6. The summed E-state index contributed by atoms with van der Waals surface area (Å²) in [5.74, 6) is -2.13. The van der Waals surface area contributed by atoms with Gasteiger partial charge in [-0.1, -0.05) is 0 Å². The van der Waals surface area contributed by atoms with Crippen molar-refractivity contribution in [1.82, 2.24) is 10.3 Å². The van der Waals surface area contributed by atoms with Crippen molar-refractivity contribution in [2.75, 3.05) is 16.2 Å². The van der Waals surface area contributed by atoms with Crippen LogP contribution < -0.4 is 20.7 Å². The molecular weight excluding hydrogens is 384 g/mol. The smallest absolute Gasteiger partial charge is 0.357 e. The second kappa shape index (κ2) is 8.26. The van der Waals surface area contributed by atoms with Gasteiger partial charge in [0.05, 0.1) is 17.7 Å². The van der Waals surface area contributed by atoms with E-state index in [1.807, 2.05) is 0 Å². The first-order valence-electron chi connectivity index (χ1n) is 6.88. The molecule has 0 radical (unpaired) electrons. The number of thiol groups is 1. The highest BCUT2D eigenvalue weighted by molar-refractivity contribution is 7.74. The summed E-state index contributed by atoms with van der Waals surface area (Å²) >= 11 is 0.874. The van der Waals surface area contributed by atoms with Crippen LogP contribution in [0.4, 0.5) is 16.4 Å². The molecule has 1 aromatic heterocycles. The van der Waals surface area contributed by atoms with Gasteiger partial charge in [0.1, 0.15) is 5.00 Å². The molecule has 6 N–H and O–H groups in total. The first-order valence-corrected chi connectivity index (χ1v) is 8.89. The van der Waals surface area contributed by atoms with Crippen molar-refractivity contribution in [1.29, 1.82) is 5.41 Å². The van der Waals surface area contributed by atoms with Crippen LogP contribution in [0.3, 0.4) is 0 Å². The number of hydrogen-bond acceptors (Lipinski definition) is 7. The van der Waals surface area contributed by atoms with Crippen LogP contribution in [-0.2, 0) is 15.7 Å². The van der Waals surface area contributed by atoms with E-state index >= 15 is 0 Å². The lowest BCUT2D eigenvalue weighted by Gasteiger charge is -2.16. The Kier molecular flexibility index (Phi) is 6.08. The first-order chi connectivity index (χ1) is 12.3. The number of amides is 1. The van der Waals surface area contributed by atoms with Crippen molar-refractivity contribution in [3.05, 3.63) is 35.5 Å². The number of nitrogens with one attached hydrogen (secondary N) is 3. The number of anilines is 3. The molecule has 0 bridgehead atoms. The minimum absolute atomic E-state index is 0.0453. The second-order valence-corrected chi connectivity index (χ2v) is 6.43. The first kappa shape index (κ1) is 19.1. The predicted octanol–water partition coefficient (Wildman–Crippen LogP) is -0.0726. The van der Waals surface area contributed by atoms with Gasteiger partial charge in [-0.3, -0.25) is 10.2 Å². The van der Waals surface area contributed by atoms with E-state index in [9.17, 15) is 18.0 Å². The summed E-state index contributed by atoms with van der Waals surface area (Å²) in [6.45, 7) is -0.196. The Morgan fingerprint density at radius 1 is 1.31 bits per heavy atom. The van der Waals surface area contributed by atoms with Crippen LogP contribution in [0.2, 0.25) is 0 Å². The molecule has 0 saturated carbocycles. The monoisotopic (exact) mass is 398 g/mol. The molecule has 2 aromatic rings. The van der Waals surface area contributed by atoms with Gasteiger partial charge in [-0.05, 0) is 24.3 Å². The lowest BCUT2D eigenvalue weighted by Crippen LogP contribution is -2.36. The average molecular weight is 398 g/mol. The van der Waals surface area contributed by atoms with Gasteiger partial charge in [0.25, 0.3) is 0 Å². The number of nitrogens with two attached hydrogens (primary N) is 1. The number of rotatable bonds is 7. The third kappa shape index (κ3) is 4.67. The number of aromatic carboxylic acids is 1. The van der Waals surface area contributed by atoms with Gasteiger partial charge in [-0.2, -0.15) is 0 Å². The molecule has 0 unspecified atom stereocenters. The Balaban J connectivity index is 2.21. The quantitative estimate of drug-likeness (QED) is 0.213. The lowest BCUT2D eigenvalue weighted by molar-refractivity contribution is -0.115. The number of hydrogen-bond donors (Lipinski definition) is 6. The summed E-state index contributed by atoms with van der Waals surface area (Å²) in [6, 6.07) is 5.72. The minimum Gasteiger partial charge on any atom is -0.476 e. The van der Waals surface area contributed by atoms with E-state index in [1.165, 1.54) is 29.8 Å². The molecule has 11 nitrogen and oxygen atoms in total. The molecule has 1 heterocycles. The Morgan fingerprint density at radius 3 is 2.50 bits per heavy atom. The highest BCUT2D eigenvalue weighted by atomic mass is 32.2. The van der Waals surface area contributed by atoms with Crippen molar-refractivity contribution < 1.29 is 23.1 Å². The van der Waals surface area contributed by atoms with Crippen LogP contribution in [0.25, 0.3) is 0 Å². The van der Waals surface area contributed by atoms with Crippen LogP contribution >= 0.6 is 11.3 Å². The van der Waals surface area contributed by atoms with Crippen LogP contribution in [0.1, 0.15) is 10.5 Å². The molecule has 13 heteroatoms. The van der Waals surface area contributed by atoms with Crippen molar-refractivity contribution in [3.63, 3.8) is 0 Å². The van der Waals surface area contributed by atoms with E-state index in [4.69, 9.17) is 16.2 Å². The zero-order valence-electron chi connectivity index (χ0n) is 13.0. The lowest BCUT2D eigenvalue weighted by atomic mass is 10.2. The summed E-state index contributed by atoms with van der Waals surface area (Å²) in [6.07, 6.45) is 0. The Labute approximate surface area is 153 Å². The Bertz CT molecular complexity index is 900. The number of carboxylic acid groups (broad SMARTS) is 1. The van der Waals surface area contributed by atoms with Gasteiger partial charge in [-0.25, -0.2) is 22.5 Å². The number of benzene rings is 1. The molecule has 1 aromatic carbocycles. The van der Waals surface area contributed by atoms with E-state index in [-0.39, 0.29) is 28.9 Å². The van der Waals surface area contributed by atoms with Crippen LogP contribution in [0.15, 0.2) is 29.8 Å². The zero-order chi connectivity index (χ0) is 19.3. The summed E-state index contributed by atoms with van der Waals surface area (Å²) in [5.41, 5.74) is 6.51. The fourth-order valence-corrected chi connectivity index (χ4v) is 3.51. The highest BCUT2D eigenvalue weighted by Gasteiger charge is 2.22. The number of nitrogens with zero attached hydrogens (tertiary/aromatic N) is 2. The second-order valence-electron chi connectivity index (χ2n) is 4.72. The molecule has 0 fully saturated rings. The molecule has 0 aliphatic heterocycles. The largest absolute Gasteiger partial charge is 0.476 e. The van der Waals surface area contributed by atoms with Gasteiger partial charge in [0.15, 0.2) is 11.7 Å². The number of carboxylic acids is 1. The van der Waals surface area contributed by atoms with E-state index < -0.39 is 22.8 Å². The standard InChI is InChI=1S/C13H14N6O5S2/c14-13(15)16-5-9(20)18-7-1-3-8(4-2-7)19(26(23)24)11-10(12(21)22)17-6-25-11/h1-4,6,26H,5H2,(H,18,20)(H,21,22)(H4,14,15,16). The third-order valence-corrected chi connectivity index (χ3v) is 4.64. The molecule has 26 heavy (non-hydrogen) atoms. The zero-order valence-corrected chi connectivity index (χ0v) is 14.7. The normalized spacial score (nSPS) is 10.3. The summed E-state index contributed by atoms with van der Waals surface area (Å²) in [4.78, 5) is 26.5. The van der Waals surface area contributed by atoms with E-state index in [0.29, 0.717) is 5.69 Å². The number of guanidine groups is 1. The van der Waals surface area contributed by atoms with Crippen LogP contribution in [0, 0.1) is 5.41 Å². The van der Waals surface area contributed by atoms with Gasteiger partial charge < -0.3 is 21.5 Å². The maximum atomic E-state index is 11.6. The van der Waals surface area contributed by atoms with Gasteiger partial charge in [0.2, 0.25) is 16.8 Å². The number of carbonyl (C=O) groups excluding carboxylic acids is 1. The molecule has 0 saturated heterocycles. The van der Waals surface area contributed by atoms with Gasteiger partial charge >= 0.3 is 5.97 Å². The molecule has 0 aliphatic carbocycles. The predicted molar refractivity (Wildman–Crippen MR) is 96.5 cm³/mol. The molecule has 0 atom stereocenters. The molecule has 0 spiro atoms. The van der Waals surface area contributed by atoms with Crippen molar-refractivity contribution in [2.24, 2.45) is 5.73 Å². The van der Waals surface area contributed by atoms with E-state index in [1.54, 1.807) is 0 Å². The summed E-state index contributed by atoms with van der Waals surface area (Å²) in [5, 5.41) is 20.9. The SMILES string of the molecule is N=C(N)NCC(=O)Nc1ccc(N(c2scnc2C(=O)O)[SH](=O)=O)cc1. The van der Waals surface area contributed by atoms with Crippen molar-refractivity contribution >= 4 is 56.4 Å². The fourth-order valence-electron chi connectivity index (χ4n) is 1.89. The number of aromatic nitrogens is 1. The highest BCUT2D eigenvalue weighted by Crippen LogP contribution is 2.32. The van der Waals surface area contributed by atoms with Gasteiger partial charge in [0, 0.05) is 5.69 Å². The van der Waals surface area contributed by atoms with Crippen molar-refractivity contribution in [3.8, 4) is 0 Å². The van der Waals surface area contributed by atoms with Gasteiger partial charge in [-0.15, -0.1) is 11.3 Å².